The van der Waals surface area contributed by atoms with Gasteiger partial charge in [-0.05, 0) is 31.7 Å². The molecule has 5 heteroatoms. The van der Waals surface area contributed by atoms with Gasteiger partial charge in [0.15, 0.2) is 9.84 Å². The molecule has 0 amide bonds. The van der Waals surface area contributed by atoms with E-state index in [2.05, 4.69) is 4.90 Å². The Morgan fingerprint density at radius 1 is 1.33 bits per heavy atom. The molecule has 15 heavy (non-hydrogen) atoms. The molecular formula is C10H19NO3S. The molecule has 2 atom stereocenters. The third kappa shape index (κ3) is 2.71. The lowest BCUT2D eigenvalue weighted by molar-refractivity contribution is 0.230. The summed E-state index contributed by atoms with van der Waals surface area (Å²) in [7, 11) is -2.75. The summed E-state index contributed by atoms with van der Waals surface area (Å²) in [5.41, 5.74) is 0. The van der Waals surface area contributed by atoms with Gasteiger partial charge in [-0.25, -0.2) is 8.42 Å². The number of aliphatic hydroxyl groups is 1. The van der Waals surface area contributed by atoms with Gasteiger partial charge in [0.05, 0.1) is 11.5 Å². The molecule has 88 valence electrons. The molecule has 2 aliphatic rings. The third-order valence-electron chi connectivity index (χ3n) is 3.58. The van der Waals surface area contributed by atoms with Crippen LogP contribution in [0.15, 0.2) is 0 Å². The predicted molar refractivity (Wildman–Crippen MR) is 58.4 cm³/mol. The summed E-state index contributed by atoms with van der Waals surface area (Å²) in [6.07, 6.45) is 2.77. The molecule has 2 unspecified atom stereocenters. The van der Waals surface area contributed by atoms with Crippen LogP contribution in [0.3, 0.4) is 0 Å². The first-order valence-electron chi connectivity index (χ1n) is 5.66. The number of nitrogens with zero attached hydrogens (tertiary/aromatic N) is 1. The van der Waals surface area contributed by atoms with Crippen molar-refractivity contribution >= 4 is 9.84 Å². The highest BCUT2D eigenvalue weighted by atomic mass is 32.2. The summed E-state index contributed by atoms with van der Waals surface area (Å²) in [6.45, 7) is 2.23. The molecule has 4 nitrogen and oxygen atoms in total. The lowest BCUT2D eigenvalue weighted by atomic mass is 10.1. The summed E-state index contributed by atoms with van der Waals surface area (Å²) in [6, 6.07) is 0.249. The summed E-state index contributed by atoms with van der Waals surface area (Å²) >= 11 is 0. The smallest absolute Gasteiger partial charge is 0.151 e. The Kier molecular flexibility index (Phi) is 3.33. The fourth-order valence-corrected chi connectivity index (χ4v) is 4.44. The van der Waals surface area contributed by atoms with Crippen LogP contribution in [-0.4, -0.2) is 55.7 Å². The van der Waals surface area contributed by atoms with Crippen LogP contribution in [0.4, 0.5) is 0 Å². The summed E-state index contributed by atoms with van der Waals surface area (Å²) in [5.74, 6) is 1.27. The molecule has 0 radical (unpaired) electrons. The maximum Gasteiger partial charge on any atom is 0.151 e. The molecule has 0 aromatic rings. The van der Waals surface area contributed by atoms with Gasteiger partial charge in [-0.1, -0.05) is 0 Å². The van der Waals surface area contributed by atoms with E-state index in [1.54, 1.807) is 0 Å². The van der Waals surface area contributed by atoms with E-state index < -0.39 is 9.84 Å². The van der Waals surface area contributed by atoms with Crippen molar-refractivity contribution in [2.75, 3.05) is 31.2 Å². The highest BCUT2D eigenvalue weighted by Gasteiger charge is 2.35. The predicted octanol–water partition coefficient (Wildman–Crippen LogP) is -0.122. The minimum Gasteiger partial charge on any atom is -0.396 e. The molecule has 2 fully saturated rings. The molecule has 0 aromatic heterocycles. The fourth-order valence-electron chi connectivity index (χ4n) is 2.68. The Bertz CT molecular complexity index is 315. The molecule has 0 aromatic carbocycles. The van der Waals surface area contributed by atoms with Crippen molar-refractivity contribution in [3.05, 3.63) is 0 Å². The van der Waals surface area contributed by atoms with Crippen LogP contribution in [0.2, 0.25) is 0 Å². The zero-order valence-electron chi connectivity index (χ0n) is 8.93. The van der Waals surface area contributed by atoms with Crippen LogP contribution < -0.4 is 0 Å². The topological polar surface area (TPSA) is 57.6 Å². The van der Waals surface area contributed by atoms with Crippen LogP contribution in [0, 0.1) is 5.92 Å². The van der Waals surface area contributed by atoms with Crippen molar-refractivity contribution in [3.63, 3.8) is 0 Å². The zero-order valence-corrected chi connectivity index (χ0v) is 9.75. The van der Waals surface area contributed by atoms with E-state index in [1.807, 2.05) is 0 Å². The van der Waals surface area contributed by atoms with E-state index in [0.29, 0.717) is 17.4 Å². The van der Waals surface area contributed by atoms with Crippen LogP contribution >= 0.6 is 0 Å². The van der Waals surface area contributed by atoms with Gasteiger partial charge in [0.1, 0.15) is 0 Å². The number of hydrogen-bond acceptors (Lipinski definition) is 4. The van der Waals surface area contributed by atoms with Gasteiger partial charge < -0.3 is 5.11 Å². The summed E-state index contributed by atoms with van der Waals surface area (Å²) in [4.78, 5) is 2.30. The minimum atomic E-state index is -2.75. The van der Waals surface area contributed by atoms with Crippen LogP contribution in [0.1, 0.15) is 19.3 Å². The first kappa shape index (κ1) is 11.4. The number of likely N-dealkylation sites (tertiary alicyclic amines) is 1. The number of sulfone groups is 1. The van der Waals surface area contributed by atoms with E-state index in [-0.39, 0.29) is 12.6 Å². The molecule has 0 saturated carbocycles. The standard InChI is InChI=1S/C10H19NO3S/c12-5-2-9-1-4-11(7-9)10-3-6-15(13,14)8-10/h9-10,12H,1-8H2. The zero-order chi connectivity index (χ0) is 10.9. The number of rotatable bonds is 3. The second kappa shape index (κ2) is 4.39. The fraction of sp³-hybridized carbons (Fsp3) is 1.00. The third-order valence-corrected chi connectivity index (χ3v) is 5.33. The van der Waals surface area contributed by atoms with E-state index in [9.17, 15) is 8.42 Å². The summed E-state index contributed by atoms with van der Waals surface area (Å²) in [5, 5.41) is 8.85. The molecule has 2 aliphatic heterocycles. The second-order valence-corrected chi connectivity index (χ2v) is 6.95. The largest absolute Gasteiger partial charge is 0.396 e. The van der Waals surface area contributed by atoms with E-state index in [0.717, 1.165) is 32.4 Å². The SMILES string of the molecule is O=S1(=O)CCC(N2CCC(CCO)C2)C1. The monoisotopic (exact) mass is 233 g/mol. The maximum absolute atomic E-state index is 11.3. The number of hydrogen-bond donors (Lipinski definition) is 1. The highest BCUT2D eigenvalue weighted by molar-refractivity contribution is 7.91. The molecule has 0 aliphatic carbocycles. The average Bonchev–Trinajstić information content (AvgIpc) is 2.73. The Balaban J connectivity index is 1.87. The van der Waals surface area contributed by atoms with Gasteiger partial charge in [0.25, 0.3) is 0 Å². The van der Waals surface area contributed by atoms with Gasteiger partial charge in [-0.15, -0.1) is 0 Å². The van der Waals surface area contributed by atoms with Crippen LogP contribution in [0.25, 0.3) is 0 Å². The second-order valence-electron chi connectivity index (χ2n) is 4.72. The molecule has 2 rings (SSSR count). The summed E-state index contributed by atoms with van der Waals surface area (Å²) < 4.78 is 22.7. The van der Waals surface area contributed by atoms with Crippen molar-refractivity contribution in [3.8, 4) is 0 Å². The lowest BCUT2D eigenvalue weighted by Gasteiger charge is -2.22. The van der Waals surface area contributed by atoms with Gasteiger partial charge in [-0.3, -0.25) is 4.90 Å². The Morgan fingerprint density at radius 2 is 2.13 bits per heavy atom. The van der Waals surface area contributed by atoms with Gasteiger partial charge in [-0.2, -0.15) is 0 Å². The van der Waals surface area contributed by atoms with Crippen molar-refractivity contribution in [1.82, 2.24) is 4.90 Å². The molecular weight excluding hydrogens is 214 g/mol. The quantitative estimate of drug-likeness (QED) is 0.738. The van der Waals surface area contributed by atoms with Gasteiger partial charge in [0.2, 0.25) is 0 Å². The van der Waals surface area contributed by atoms with Crippen LogP contribution in [-0.2, 0) is 9.84 Å². The molecule has 0 bridgehead atoms. The highest BCUT2D eigenvalue weighted by Crippen LogP contribution is 2.26. The minimum absolute atomic E-state index is 0.249. The molecule has 1 N–H and O–H groups in total. The van der Waals surface area contributed by atoms with Crippen molar-refractivity contribution in [2.24, 2.45) is 5.92 Å². The van der Waals surface area contributed by atoms with E-state index >= 15 is 0 Å². The van der Waals surface area contributed by atoms with Crippen molar-refractivity contribution in [1.29, 1.82) is 0 Å². The molecule has 0 spiro atoms. The van der Waals surface area contributed by atoms with E-state index in [1.165, 1.54) is 0 Å². The Hall–Kier alpha value is -0.130. The van der Waals surface area contributed by atoms with Crippen molar-refractivity contribution < 1.29 is 13.5 Å². The van der Waals surface area contributed by atoms with Gasteiger partial charge >= 0.3 is 0 Å². The first-order valence-corrected chi connectivity index (χ1v) is 7.48. The van der Waals surface area contributed by atoms with Crippen LogP contribution in [0.5, 0.6) is 0 Å². The maximum atomic E-state index is 11.3. The Morgan fingerprint density at radius 3 is 2.73 bits per heavy atom. The van der Waals surface area contributed by atoms with Crippen molar-refractivity contribution in [2.45, 2.75) is 25.3 Å². The van der Waals surface area contributed by atoms with Gasteiger partial charge in [0, 0.05) is 19.2 Å². The van der Waals surface area contributed by atoms with E-state index in [4.69, 9.17) is 5.11 Å². The Labute approximate surface area is 91.2 Å². The average molecular weight is 233 g/mol. The number of aliphatic hydroxyl groups excluding tert-OH is 1. The molecule has 2 heterocycles. The first-order chi connectivity index (χ1) is 7.11. The normalized spacial score (nSPS) is 36.1. The molecule has 2 saturated heterocycles. The lowest BCUT2D eigenvalue weighted by Crippen LogP contribution is -2.34.